The Kier molecular flexibility index (Phi) is 4.76. The molecule has 0 aliphatic carbocycles. The van der Waals surface area contributed by atoms with Crippen LogP contribution >= 0.6 is 12.2 Å². The van der Waals surface area contributed by atoms with Crippen LogP contribution in [0.3, 0.4) is 0 Å². The number of rotatable bonds is 3. The summed E-state index contributed by atoms with van der Waals surface area (Å²) in [4.78, 5) is 2.59. The number of halogens is 3. The number of thiocarbonyl (C=S) groups is 1. The molecule has 0 atom stereocenters. The van der Waals surface area contributed by atoms with Gasteiger partial charge in [-0.15, -0.1) is 23.4 Å². The van der Waals surface area contributed by atoms with E-state index in [4.69, 9.17) is 12.2 Å². The van der Waals surface area contributed by atoms with Crippen molar-refractivity contribution in [2.75, 3.05) is 5.32 Å². The van der Waals surface area contributed by atoms with Crippen LogP contribution in [0, 0.1) is 0 Å². The van der Waals surface area contributed by atoms with Gasteiger partial charge in [0.15, 0.2) is 5.69 Å². The number of para-hydroxylation sites is 1. The summed E-state index contributed by atoms with van der Waals surface area (Å²) in [6.45, 7) is 0. The highest BCUT2D eigenvalue weighted by Crippen LogP contribution is 2.38. The molecule has 10 heteroatoms. The number of anilines is 1. The van der Waals surface area contributed by atoms with E-state index >= 15 is 0 Å². The molecule has 1 heterocycles. The summed E-state index contributed by atoms with van der Waals surface area (Å²) in [6, 6.07) is 12.5. The molecule has 6 nitrogen and oxygen atoms in total. The topological polar surface area (TPSA) is 82.0 Å². The Morgan fingerprint density at radius 2 is 1.88 bits per heavy atom. The number of azo groups is 1. The molecule has 1 aromatic heterocycles. The van der Waals surface area contributed by atoms with Crippen molar-refractivity contribution in [1.29, 1.82) is 0 Å². The average molecular weight is 380 g/mol. The van der Waals surface area contributed by atoms with Gasteiger partial charge in [0.05, 0.1) is 5.52 Å². The van der Waals surface area contributed by atoms with Crippen LogP contribution in [0.2, 0.25) is 0 Å². The van der Waals surface area contributed by atoms with Crippen molar-refractivity contribution in [2.24, 2.45) is 10.2 Å². The first-order chi connectivity index (χ1) is 12.3. The Morgan fingerprint density at radius 3 is 2.58 bits per heavy atom. The summed E-state index contributed by atoms with van der Waals surface area (Å²) >= 11 is 5.04. The number of aromatic amines is 1. The van der Waals surface area contributed by atoms with Gasteiger partial charge in [-0.2, -0.15) is 0 Å². The normalized spacial score (nSPS) is 11.8. The first-order valence-electron chi connectivity index (χ1n) is 7.20. The molecular formula is C16H11F3N4O2S. The predicted molar refractivity (Wildman–Crippen MR) is 93.8 cm³/mol. The lowest BCUT2D eigenvalue weighted by Gasteiger charge is -2.08. The quantitative estimate of drug-likeness (QED) is 0.428. The largest absolute Gasteiger partial charge is 0.573 e. The summed E-state index contributed by atoms with van der Waals surface area (Å²) in [5.41, 5.74) is 1.01. The van der Waals surface area contributed by atoms with Crippen LogP contribution in [0.4, 0.5) is 24.5 Å². The molecule has 3 rings (SSSR count). The maximum absolute atomic E-state index is 12.4. The average Bonchev–Trinajstić information content (AvgIpc) is 2.87. The van der Waals surface area contributed by atoms with E-state index < -0.39 is 12.1 Å². The van der Waals surface area contributed by atoms with Crippen LogP contribution in [-0.2, 0) is 0 Å². The monoisotopic (exact) mass is 380 g/mol. The van der Waals surface area contributed by atoms with E-state index in [2.05, 4.69) is 25.3 Å². The molecular weight excluding hydrogens is 369 g/mol. The SMILES string of the molecule is Oc1[nH]c2ccc(OC(F)(F)F)cc2c1N=NC(=S)Nc1ccccc1. The van der Waals surface area contributed by atoms with E-state index in [0.717, 1.165) is 12.1 Å². The Hall–Kier alpha value is -3.14. The molecule has 0 bridgehead atoms. The van der Waals surface area contributed by atoms with Crippen LogP contribution in [0.1, 0.15) is 0 Å². The second-order valence-corrected chi connectivity index (χ2v) is 5.46. The fourth-order valence-corrected chi connectivity index (χ4v) is 2.37. The third-order valence-electron chi connectivity index (χ3n) is 3.22. The molecule has 0 radical (unpaired) electrons. The summed E-state index contributed by atoms with van der Waals surface area (Å²) in [6.07, 6.45) is -4.82. The maximum Gasteiger partial charge on any atom is 0.573 e. The minimum Gasteiger partial charge on any atom is -0.493 e. The molecule has 0 saturated carbocycles. The third kappa shape index (κ3) is 4.28. The summed E-state index contributed by atoms with van der Waals surface area (Å²) in [5, 5.41) is 20.6. The molecule has 3 N–H and O–H groups in total. The van der Waals surface area contributed by atoms with E-state index in [1.54, 1.807) is 24.3 Å². The zero-order valence-corrected chi connectivity index (χ0v) is 13.7. The van der Waals surface area contributed by atoms with Crippen molar-refractivity contribution < 1.29 is 23.0 Å². The molecule has 0 spiro atoms. The molecule has 0 fully saturated rings. The zero-order chi connectivity index (χ0) is 18.7. The second kappa shape index (κ2) is 7.00. The van der Waals surface area contributed by atoms with Gasteiger partial charge < -0.3 is 20.1 Å². The number of hydrogen-bond acceptors (Lipinski definition) is 4. The van der Waals surface area contributed by atoms with Gasteiger partial charge in [0.2, 0.25) is 11.0 Å². The number of aromatic hydroxyl groups is 1. The van der Waals surface area contributed by atoms with E-state index in [1.807, 2.05) is 6.07 Å². The number of nitrogens with zero attached hydrogens (tertiary/aromatic N) is 2. The highest BCUT2D eigenvalue weighted by molar-refractivity contribution is 7.80. The minimum atomic E-state index is -4.82. The van der Waals surface area contributed by atoms with Crippen molar-refractivity contribution in [1.82, 2.24) is 4.98 Å². The fraction of sp³-hybridized carbons (Fsp3) is 0.0625. The first-order valence-corrected chi connectivity index (χ1v) is 7.61. The van der Waals surface area contributed by atoms with Gasteiger partial charge in [-0.1, -0.05) is 18.2 Å². The van der Waals surface area contributed by atoms with Gasteiger partial charge in [-0.05, 0) is 42.5 Å². The van der Waals surface area contributed by atoms with Crippen molar-refractivity contribution in [3.63, 3.8) is 0 Å². The molecule has 3 aromatic rings. The smallest absolute Gasteiger partial charge is 0.493 e. The molecule has 26 heavy (non-hydrogen) atoms. The molecule has 0 aliphatic rings. The lowest BCUT2D eigenvalue weighted by Crippen LogP contribution is -2.16. The maximum atomic E-state index is 12.4. The summed E-state index contributed by atoms with van der Waals surface area (Å²) < 4.78 is 41.0. The molecule has 0 aliphatic heterocycles. The lowest BCUT2D eigenvalue weighted by atomic mass is 10.2. The molecule has 0 unspecified atom stereocenters. The molecule has 0 amide bonds. The first kappa shape index (κ1) is 17.7. The molecule has 0 saturated heterocycles. The number of aromatic nitrogens is 1. The van der Waals surface area contributed by atoms with E-state index in [9.17, 15) is 18.3 Å². The predicted octanol–water partition coefficient (Wildman–Crippen LogP) is 5.25. The number of ether oxygens (including phenoxy) is 1. The number of fused-ring (bicyclic) bond motifs is 1. The molecule has 134 valence electrons. The Morgan fingerprint density at radius 1 is 1.15 bits per heavy atom. The van der Waals surface area contributed by atoms with Crippen molar-refractivity contribution in [2.45, 2.75) is 6.36 Å². The van der Waals surface area contributed by atoms with E-state index in [0.29, 0.717) is 11.2 Å². The van der Waals surface area contributed by atoms with Crippen LogP contribution in [0.15, 0.2) is 58.8 Å². The van der Waals surface area contributed by atoms with Gasteiger partial charge in [-0.25, -0.2) is 0 Å². The van der Waals surface area contributed by atoms with Crippen LogP contribution < -0.4 is 10.1 Å². The Balaban J connectivity index is 1.85. The Bertz CT molecular complexity index is 971. The van der Waals surface area contributed by atoms with Gasteiger partial charge in [0.1, 0.15) is 5.75 Å². The second-order valence-electron chi connectivity index (χ2n) is 5.07. The van der Waals surface area contributed by atoms with Gasteiger partial charge >= 0.3 is 6.36 Å². The number of hydrogen-bond donors (Lipinski definition) is 3. The van der Waals surface area contributed by atoms with Crippen molar-refractivity contribution >= 4 is 39.6 Å². The van der Waals surface area contributed by atoms with Gasteiger partial charge in [-0.3, -0.25) is 0 Å². The van der Waals surface area contributed by atoms with Crippen LogP contribution in [-0.4, -0.2) is 21.6 Å². The third-order valence-corrected chi connectivity index (χ3v) is 3.41. The number of H-pyrrole nitrogens is 1. The van der Waals surface area contributed by atoms with Gasteiger partial charge in [0.25, 0.3) is 0 Å². The van der Waals surface area contributed by atoms with Crippen LogP contribution in [0.25, 0.3) is 10.9 Å². The standard InChI is InChI=1S/C16H11F3N4O2S/c17-16(18,19)25-10-6-7-12-11(8-10)13(14(24)21-12)22-23-15(26)20-9-4-2-1-3-5-9/h1-8,21,24H,(H,20,26). The van der Waals surface area contributed by atoms with Crippen LogP contribution in [0.5, 0.6) is 11.6 Å². The lowest BCUT2D eigenvalue weighted by molar-refractivity contribution is -0.274. The number of nitrogens with one attached hydrogen (secondary N) is 2. The summed E-state index contributed by atoms with van der Waals surface area (Å²) in [7, 11) is 0. The van der Waals surface area contributed by atoms with E-state index in [1.165, 1.54) is 6.07 Å². The summed E-state index contributed by atoms with van der Waals surface area (Å²) in [5.74, 6) is -0.791. The van der Waals surface area contributed by atoms with Crippen molar-refractivity contribution in [3.8, 4) is 11.6 Å². The zero-order valence-electron chi connectivity index (χ0n) is 12.9. The fourth-order valence-electron chi connectivity index (χ4n) is 2.21. The Labute approximate surface area is 150 Å². The highest BCUT2D eigenvalue weighted by Gasteiger charge is 2.31. The minimum absolute atomic E-state index is 0.0210. The highest BCUT2D eigenvalue weighted by atomic mass is 32.1. The van der Waals surface area contributed by atoms with Crippen molar-refractivity contribution in [3.05, 3.63) is 48.5 Å². The van der Waals surface area contributed by atoms with E-state index in [-0.39, 0.29) is 22.1 Å². The number of alkyl halides is 3. The van der Waals surface area contributed by atoms with Gasteiger partial charge in [0, 0.05) is 11.1 Å². The number of benzene rings is 2. The molecule has 2 aromatic carbocycles.